The summed E-state index contributed by atoms with van der Waals surface area (Å²) in [4.78, 5) is 0. The van der Waals surface area contributed by atoms with Crippen molar-refractivity contribution in [1.29, 1.82) is 0 Å². The van der Waals surface area contributed by atoms with Crippen LogP contribution < -0.4 is 0 Å². The molecule has 1 nitrogen and oxygen atoms in total. The molecule has 8 aromatic carbocycles. The molecule has 9 aromatic rings. The fraction of sp³-hybridized carbons (Fsp3) is 0.127. The topological polar surface area (TPSA) is 4.93 Å². The molecule has 0 radical (unpaired) electrons. The monoisotopic (exact) mass is 717 g/mol. The van der Waals surface area contributed by atoms with Crippen LogP contribution in [0.15, 0.2) is 188 Å². The molecule has 2 aliphatic rings. The van der Waals surface area contributed by atoms with Gasteiger partial charge in [0.05, 0.1) is 11.0 Å². The second kappa shape index (κ2) is 13.4. The minimum Gasteiger partial charge on any atom is -0.309 e. The maximum atomic E-state index is 2.49. The Morgan fingerprint density at radius 2 is 1.21 bits per heavy atom. The molecule has 11 rings (SSSR count). The van der Waals surface area contributed by atoms with Crippen molar-refractivity contribution in [1.82, 2.24) is 4.57 Å². The molecule has 56 heavy (non-hydrogen) atoms. The molecule has 0 amide bonds. The SMILES string of the molecule is CC(c1ccc2c3ccccc3n(-c3ccccc3)c2c1)C1Cc2ccccc2-c2c1ccc1c2C(CCc2ccc(-c3ccccc3)cc2)c2ccccc2-1. The first-order valence-corrected chi connectivity index (χ1v) is 20.3. The van der Waals surface area contributed by atoms with Crippen molar-refractivity contribution >= 4 is 21.8 Å². The number of aryl methyl sites for hydroxylation is 1. The molecular weight excluding hydrogens is 675 g/mol. The molecule has 0 spiro atoms. The number of benzene rings is 8. The maximum absolute atomic E-state index is 2.49. The van der Waals surface area contributed by atoms with Gasteiger partial charge in [0, 0.05) is 22.4 Å². The third-order valence-corrected chi connectivity index (χ3v) is 13.0. The van der Waals surface area contributed by atoms with Crippen LogP contribution in [0.1, 0.15) is 64.5 Å². The van der Waals surface area contributed by atoms with Crippen LogP contribution in [0.25, 0.3) is 60.9 Å². The molecule has 0 saturated carbocycles. The minimum absolute atomic E-state index is 0.317. The fourth-order valence-corrected chi connectivity index (χ4v) is 10.2. The minimum atomic E-state index is 0.317. The molecule has 2 aliphatic carbocycles. The summed E-state index contributed by atoms with van der Waals surface area (Å²) in [5.41, 5.74) is 20.8. The third-order valence-electron chi connectivity index (χ3n) is 13.0. The van der Waals surface area contributed by atoms with Crippen molar-refractivity contribution in [2.24, 2.45) is 0 Å². The van der Waals surface area contributed by atoms with Crippen molar-refractivity contribution in [3.63, 3.8) is 0 Å². The Morgan fingerprint density at radius 3 is 2.05 bits per heavy atom. The van der Waals surface area contributed by atoms with Crippen LogP contribution >= 0.6 is 0 Å². The van der Waals surface area contributed by atoms with Gasteiger partial charge in [-0.15, -0.1) is 0 Å². The van der Waals surface area contributed by atoms with E-state index in [1.807, 2.05) is 0 Å². The Bertz CT molecular complexity index is 2900. The van der Waals surface area contributed by atoms with E-state index in [0.717, 1.165) is 19.3 Å². The van der Waals surface area contributed by atoms with Gasteiger partial charge in [-0.3, -0.25) is 0 Å². The summed E-state index contributed by atoms with van der Waals surface area (Å²) in [5.74, 6) is 1.01. The molecule has 0 saturated heterocycles. The molecule has 0 aliphatic heterocycles. The van der Waals surface area contributed by atoms with Gasteiger partial charge < -0.3 is 4.57 Å². The van der Waals surface area contributed by atoms with Gasteiger partial charge in [0.15, 0.2) is 0 Å². The summed E-state index contributed by atoms with van der Waals surface area (Å²) in [5, 5.41) is 2.61. The van der Waals surface area contributed by atoms with E-state index in [2.05, 4.69) is 200 Å². The normalized spacial score (nSPS) is 15.9. The van der Waals surface area contributed by atoms with Crippen molar-refractivity contribution in [2.75, 3.05) is 0 Å². The van der Waals surface area contributed by atoms with E-state index in [1.54, 1.807) is 0 Å². The van der Waals surface area contributed by atoms with E-state index in [0.29, 0.717) is 17.8 Å². The summed E-state index contributed by atoms with van der Waals surface area (Å²) in [6.07, 6.45) is 3.15. The summed E-state index contributed by atoms with van der Waals surface area (Å²) in [6.45, 7) is 2.47. The summed E-state index contributed by atoms with van der Waals surface area (Å²) < 4.78 is 2.45. The number of fused-ring (bicyclic) bond motifs is 10. The van der Waals surface area contributed by atoms with Crippen LogP contribution in [-0.4, -0.2) is 4.57 Å². The Kier molecular flexibility index (Phi) is 7.88. The molecule has 1 heterocycles. The Labute approximate surface area is 329 Å². The van der Waals surface area contributed by atoms with E-state index >= 15 is 0 Å². The van der Waals surface area contributed by atoms with E-state index in [-0.39, 0.29) is 0 Å². The van der Waals surface area contributed by atoms with Crippen molar-refractivity contribution in [2.45, 2.75) is 43.9 Å². The zero-order chi connectivity index (χ0) is 37.2. The van der Waals surface area contributed by atoms with Crippen LogP contribution in [0.3, 0.4) is 0 Å². The van der Waals surface area contributed by atoms with Gasteiger partial charge in [0.25, 0.3) is 0 Å². The second-order valence-electron chi connectivity index (χ2n) is 16.0. The third kappa shape index (κ3) is 5.29. The highest BCUT2D eigenvalue weighted by Crippen LogP contribution is 2.56. The van der Waals surface area contributed by atoms with Gasteiger partial charge in [0.2, 0.25) is 0 Å². The lowest BCUT2D eigenvalue weighted by Gasteiger charge is -2.35. The highest BCUT2D eigenvalue weighted by Gasteiger charge is 2.37. The van der Waals surface area contributed by atoms with Gasteiger partial charge in [-0.2, -0.15) is 0 Å². The zero-order valence-electron chi connectivity index (χ0n) is 31.7. The first-order valence-electron chi connectivity index (χ1n) is 20.3. The second-order valence-corrected chi connectivity index (χ2v) is 16.0. The number of rotatable bonds is 7. The molecule has 3 atom stereocenters. The van der Waals surface area contributed by atoms with Crippen molar-refractivity contribution < 1.29 is 0 Å². The van der Waals surface area contributed by atoms with Gasteiger partial charge >= 0.3 is 0 Å². The first-order chi connectivity index (χ1) is 27.7. The molecule has 0 bridgehead atoms. The van der Waals surface area contributed by atoms with E-state index in [1.165, 1.54) is 94.3 Å². The quantitative estimate of drug-likeness (QED) is 0.155. The summed E-state index contributed by atoms with van der Waals surface area (Å²) in [7, 11) is 0. The average Bonchev–Trinajstić information content (AvgIpc) is 3.78. The molecule has 1 aromatic heterocycles. The van der Waals surface area contributed by atoms with Crippen molar-refractivity contribution in [3.05, 3.63) is 221 Å². The highest BCUT2D eigenvalue weighted by atomic mass is 15.0. The van der Waals surface area contributed by atoms with Crippen LogP contribution in [0.2, 0.25) is 0 Å². The lowest BCUT2D eigenvalue weighted by atomic mass is 9.69. The smallest absolute Gasteiger partial charge is 0.0543 e. The number of para-hydroxylation sites is 2. The van der Waals surface area contributed by atoms with Crippen LogP contribution in [0, 0.1) is 0 Å². The Hall–Kier alpha value is -6.44. The first kappa shape index (κ1) is 32.9. The Balaban J connectivity index is 1.01. The Morgan fingerprint density at radius 1 is 0.536 bits per heavy atom. The number of nitrogens with zero attached hydrogens (tertiary/aromatic N) is 1. The summed E-state index contributed by atoms with van der Waals surface area (Å²) >= 11 is 0. The molecule has 3 unspecified atom stereocenters. The predicted molar refractivity (Wildman–Crippen MR) is 235 cm³/mol. The number of aromatic nitrogens is 1. The standard InChI is InChI=1S/C55H43N/c1-36(40-29-31-47-46-22-12-13-23-52(46)56(53(47)35-40)42-17-6-3-7-18-42)51-34-41-16-8-9-19-43(41)54-50(51)33-32-49-45-21-11-10-20-44(45)48(55(49)54)30-26-37-24-27-39(28-25-37)38-14-4-2-5-15-38/h2-25,27-29,31-33,35-36,48,51H,26,30,34H2,1H3. The largest absolute Gasteiger partial charge is 0.309 e. The number of hydrogen-bond acceptors (Lipinski definition) is 0. The van der Waals surface area contributed by atoms with E-state index in [4.69, 9.17) is 0 Å². The van der Waals surface area contributed by atoms with Gasteiger partial charge in [-0.25, -0.2) is 0 Å². The average molecular weight is 718 g/mol. The molecule has 0 N–H and O–H groups in total. The zero-order valence-corrected chi connectivity index (χ0v) is 31.7. The molecular formula is C55H43N. The van der Waals surface area contributed by atoms with Gasteiger partial charge in [-0.05, 0) is 122 Å². The van der Waals surface area contributed by atoms with Crippen molar-refractivity contribution in [3.8, 4) is 39.1 Å². The van der Waals surface area contributed by atoms with Crippen LogP contribution in [0.4, 0.5) is 0 Å². The van der Waals surface area contributed by atoms with Gasteiger partial charge in [0.1, 0.15) is 0 Å². The van der Waals surface area contributed by atoms with Gasteiger partial charge in [-0.1, -0.05) is 171 Å². The predicted octanol–water partition coefficient (Wildman–Crippen LogP) is 14.3. The molecule has 268 valence electrons. The van der Waals surface area contributed by atoms with Crippen LogP contribution in [-0.2, 0) is 12.8 Å². The highest BCUT2D eigenvalue weighted by molar-refractivity contribution is 6.09. The summed E-state index contributed by atoms with van der Waals surface area (Å²) in [6, 6.07) is 70.4. The van der Waals surface area contributed by atoms with E-state index < -0.39 is 0 Å². The molecule has 0 fully saturated rings. The number of hydrogen-bond donors (Lipinski definition) is 0. The maximum Gasteiger partial charge on any atom is 0.0543 e. The van der Waals surface area contributed by atoms with Crippen LogP contribution in [0.5, 0.6) is 0 Å². The van der Waals surface area contributed by atoms with E-state index in [9.17, 15) is 0 Å². The molecule has 1 heteroatoms. The fourth-order valence-electron chi connectivity index (χ4n) is 10.2. The lowest BCUT2D eigenvalue weighted by Crippen LogP contribution is -2.19. The lowest BCUT2D eigenvalue weighted by molar-refractivity contribution is 0.567.